The van der Waals surface area contributed by atoms with E-state index in [1.165, 1.54) is 0 Å². The van der Waals surface area contributed by atoms with Crippen molar-refractivity contribution in [1.29, 1.82) is 0 Å². The van der Waals surface area contributed by atoms with Crippen LogP contribution in [0, 0.1) is 6.92 Å². The number of sulfone groups is 1. The Morgan fingerprint density at radius 1 is 1.35 bits per heavy atom. The van der Waals surface area contributed by atoms with E-state index in [0.717, 1.165) is 5.56 Å². The molecule has 0 aliphatic heterocycles. The zero-order chi connectivity index (χ0) is 13.1. The van der Waals surface area contributed by atoms with Crippen molar-refractivity contribution in [3.05, 3.63) is 23.8 Å². The fourth-order valence-electron chi connectivity index (χ4n) is 1.40. The molecule has 1 rings (SSSR count). The molecule has 0 saturated carbocycles. The predicted octanol–water partition coefficient (Wildman–Crippen LogP) is 1.73. The summed E-state index contributed by atoms with van der Waals surface area (Å²) in [5.41, 5.74) is 0.818. The molecule has 4 nitrogen and oxygen atoms in total. The SMILES string of the molecule is COc1ccc(S(=O)(=O)CNC(C)C)cc1C. The molecule has 0 spiro atoms. The molecule has 0 unspecified atom stereocenters. The number of ether oxygens (including phenoxy) is 1. The Kier molecular flexibility index (Phi) is 4.54. The van der Waals surface area contributed by atoms with Crippen LogP contribution < -0.4 is 10.1 Å². The van der Waals surface area contributed by atoms with Crippen molar-refractivity contribution in [3.63, 3.8) is 0 Å². The van der Waals surface area contributed by atoms with Crippen molar-refractivity contribution in [2.75, 3.05) is 13.0 Å². The normalized spacial score (nSPS) is 11.8. The maximum atomic E-state index is 12.0. The van der Waals surface area contributed by atoms with Gasteiger partial charge in [-0.05, 0) is 44.5 Å². The van der Waals surface area contributed by atoms with E-state index in [-0.39, 0.29) is 11.9 Å². The first kappa shape index (κ1) is 14.0. The van der Waals surface area contributed by atoms with Crippen molar-refractivity contribution in [1.82, 2.24) is 5.32 Å². The Morgan fingerprint density at radius 2 is 2.00 bits per heavy atom. The number of rotatable bonds is 5. The summed E-state index contributed by atoms with van der Waals surface area (Å²) in [6, 6.07) is 5.03. The van der Waals surface area contributed by atoms with Gasteiger partial charge in [0.2, 0.25) is 0 Å². The molecule has 0 heterocycles. The second-order valence-corrected chi connectivity index (χ2v) is 6.24. The summed E-state index contributed by atoms with van der Waals surface area (Å²) >= 11 is 0. The van der Waals surface area contributed by atoms with Crippen LogP contribution in [0.4, 0.5) is 0 Å². The first-order valence-corrected chi connectivity index (χ1v) is 7.13. The van der Waals surface area contributed by atoms with Crippen LogP contribution in [0.15, 0.2) is 23.1 Å². The third-order valence-electron chi connectivity index (χ3n) is 2.41. The van der Waals surface area contributed by atoms with Crippen molar-refractivity contribution < 1.29 is 13.2 Å². The maximum absolute atomic E-state index is 12.0. The second kappa shape index (κ2) is 5.51. The number of hydrogen-bond donors (Lipinski definition) is 1. The van der Waals surface area contributed by atoms with E-state index in [4.69, 9.17) is 4.74 Å². The molecule has 1 N–H and O–H groups in total. The quantitative estimate of drug-likeness (QED) is 0.873. The number of methoxy groups -OCH3 is 1. The van der Waals surface area contributed by atoms with Gasteiger partial charge < -0.3 is 10.1 Å². The molecule has 0 aliphatic rings. The summed E-state index contributed by atoms with van der Waals surface area (Å²) in [5, 5.41) is 2.91. The van der Waals surface area contributed by atoms with Crippen LogP contribution in [-0.4, -0.2) is 27.4 Å². The second-order valence-electron chi connectivity index (χ2n) is 4.25. The number of hydrogen-bond acceptors (Lipinski definition) is 4. The fraction of sp³-hybridized carbons (Fsp3) is 0.500. The monoisotopic (exact) mass is 257 g/mol. The summed E-state index contributed by atoms with van der Waals surface area (Å²) in [6.45, 7) is 5.65. The molecule has 5 heteroatoms. The van der Waals surface area contributed by atoms with Crippen LogP contribution in [0.2, 0.25) is 0 Å². The highest BCUT2D eigenvalue weighted by Crippen LogP contribution is 2.21. The third kappa shape index (κ3) is 3.71. The first-order valence-electron chi connectivity index (χ1n) is 5.47. The Bertz CT molecular complexity index is 481. The Balaban J connectivity index is 2.96. The Labute approximate surface area is 103 Å². The van der Waals surface area contributed by atoms with Gasteiger partial charge >= 0.3 is 0 Å². The van der Waals surface area contributed by atoms with Gasteiger partial charge in [-0.25, -0.2) is 8.42 Å². The van der Waals surface area contributed by atoms with E-state index in [9.17, 15) is 8.42 Å². The lowest BCUT2D eigenvalue weighted by Gasteiger charge is -2.11. The number of benzene rings is 1. The van der Waals surface area contributed by atoms with Crippen LogP contribution in [0.5, 0.6) is 5.75 Å². The molecule has 0 fully saturated rings. The third-order valence-corrected chi connectivity index (χ3v) is 3.93. The zero-order valence-electron chi connectivity index (χ0n) is 10.6. The predicted molar refractivity (Wildman–Crippen MR) is 68.1 cm³/mol. The highest BCUT2D eigenvalue weighted by molar-refractivity contribution is 7.91. The highest BCUT2D eigenvalue weighted by atomic mass is 32.2. The van der Waals surface area contributed by atoms with Gasteiger partial charge in [0.15, 0.2) is 9.84 Å². The topological polar surface area (TPSA) is 55.4 Å². The number of nitrogens with one attached hydrogen (secondary N) is 1. The van der Waals surface area contributed by atoms with Crippen LogP contribution in [-0.2, 0) is 9.84 Å². The molecule has 0 radical (unpaired) electrons. The smallest absolute Gasteiger partial charge is 0.191 e. The van der Waals surface area contributed by atoms with E-state index < -0.39 is 9.84 Å². The molecule has 1 aromatic carbocycles. The molecule has 0 saturated heterocycles. The summed E-state index contributed by atoms with van der Waals surface area (Å²) in [6.07, 6.45) is 0. The van der Waals surface area contributed by atoms with Crippen molar-refractivity contribution in [3.8, 4) is 5.75 Å². The van der Waals surface area contributed by atoms with Crippen LogP contribution >= 0.6 is 0 Å². The van der Waals surface area contributed by atoms with E-state index in [2.05, 4.69) is 5.32 Å². The van der Waals surface area contributed by atoms with Gasteiger partial charge in [-0.1, -0.05) is 0 Å². The zero-order valence-corrected chi connectivity index (χ0v) is 11.5. The van der Waals surface area contributed by atoms with E-state index in [1.807, 2.05) is 20.8 Å². The minimum atomic E-state index is -3.27. The first-order chi connectivity index (χ1) is 7.86. The minimum Gasteiger partial charge on any atom is -0.496 e. The van der Waals surface area contributed by atoms with E-state index in [1.54, 1.807) is 25.3 Å². The Morgan fingerprint density at radius 3 is 2.47 bits per heavy atom. The van der Waals surface area contributed by atoms with Gasteiger partial charge in [-0.2, -0.15) is 0 Å². The van der Waals surface area contributed by atoms with Crippen LogP contribution in [0.3, 0.4) is 0 Å². The van der Waals surface area contributed by atoms with Gasteiger partial charge in [-0.15, -0.1) is 0 Å². The minimum absolute atomic E-state index is 0.0452. The van der Waals surface area contributed by atoms with Crippen LogP contribution in [0.25, 0.3) is 0 Å². The number of aryl methyl sites for hydroxylation is 1. The summed E-state index contributed by atoms with van der Waals surface area (Å²) in [7, 11) is -1.70. The van der Waals surface area contributed by atoms with Gasteiger partial charge in [-0.3, -0.25) is 0 Å². The molecule has 0 aliphatic carbocycles. The average Bonchev–Trinajstić information content (AvgIpc) is 2.26. The lowest BCUT2D eigenvalue weighted by atomic mass is 10.2. The lowest BCUT2D eigenvalue weighted by Crippen LogP contribution is -2.29. The molecule has 17 heavy (non-hydrogen) atoms. The lowest BCUT2D eigenvalue weighted by molar-refractivity contribution is 0.411. The summed E-state index contributed by atoms with van der Waals surface area (Å²) in [4.78, 5) is 0.323. The Hall–Kier alpha value is -1.07. The average molecular weight is 257 g/mol. The molecule has 0 aromatic heterocycles. The molecule has 1 aromatic rings. The van der Waals surface area contributed by atoms with Crippen LogP contribution in [0.1, 0.15) is 19.4 Å². The standard InChI is InChI=1S/C12H19NO3S/c1-9(2)13-8-17(14,15)11-5-6-12(16-4)10(3)7-11/h5-7,9,13H,8H2,1-4H3. The molecular formula is C12H19NO3S. The molecule has 0 atom stereocenters. The van der Waals surface area contributed by atoms with Gasteiger partial charge in [0, 0.05) is 6.04 Å². The maximum Gasteiger partial charge on any atom is 0.191 e. The molecule has 0 amide bonds. The fourth-order valence-corrected chi connectivity index (χ4v) is 2.76. The van der Waals surface area contributed by atoms with E-state index >= 15 is 0 Å². The van der Waals surface area contributed by atoms with Crippen molar-refractivity contribution in [2.45, 2.75) is 31.7 Å². The largest absolute Gasteiger partial charge is 0.496 e. The molecule has 0 bridgehead atoms. The van der Waals surface area contributed by atoms with Gasteiger partial charge in [0.05, 0.1) is 12.0 Å². The van der Waals surface area contributed by atoms with Gasteiger partial charge in [0.1, 0.15) is 11.6 Å². The highest BCUT2D eigenvalue weighted by Gasteiger charge is 2.15. The molecular weight excluding hydrogens is 238 g/mol. The van der Waals surface area contributed by atoms with Gasteiger partial charge in [0.25, 0.3) is 0 Å². The van der Waals surface area contributed by atoms with Crippen molar-refractivity contribution in [2.24, 2.45) is 0 Å². The molecule has 96 valence electrons. The summed E-state index contributed by atoms with van der Waals surface area (Å²) < 4.78 is 29.1. The summed E-state index contributed by atoms with van der Waals surface area (Å²) in [5.74, 6) is 0.650. The van der Waals surface area contributed by atoms with Crippen molar-refractivity contribution >= 4 is 9.84 Å². The van der Waals surface area contributed by atoms with E-state index in [0.29, 0.717) is 10.6 Å².